The first-order valence-corrected chi connectivity index (χ1v) is 11.8. The molecule has 2 aliphatic rings. The molecular formula is C25H26BrN3O3. The van der Waals surface area contributed by atoms with Crippen molar-refractivity contribution in [3.8, 4) is 16.9 Å². The number of fused-ring (bicyclic) bond motifs is 1. The minimum Gasteiger partial charge on any atom is -0.486 e. The zero-order chi connectivity index (χ0) is 22.2. The summed E-state index contributed by atoms with van der Waals surface area (Å²) in [5, 5.41) is 14.6. The smallest absolute Gasteiger partial charge is 0.258 e. The molecule has 166 valence electrons. The lowest BCUT2D eigenvalue weighted by molar-refractivity contribution is 0.00597. The standard InChI is InChI=1S/C25H26BrN3O3/c1-28-14-19(12-27-28)17-8-6-16(7-9-17)13-29-15-18-10-11-20(26)24(23(18)25(29)31)32-22-5-3-2-4-21(22)30/h6-12,14,21-22,30H,2-5,13,15H2,1H3. The predicted octanol–water partition coefficient (Wildman–Crippen LogP) is 4.69. The summed E-state index contributed by atoms with van der Waals surface area (Å²) < 4.78 is 8.76. The van der Waals surface area contributed by atoms with E-state index in [1.807, 2.05) is 36.5 Å². The van der Waals surface area contributed by atoms with Gasteiger partial charge in [-0.15, -0.1) is 0 Å². The lowest BCUT2D eigenvalue weighted by Crippen LogP contribution is -2.35. The van der Waals surface area contributed by atoms with Gasteiger partial charge in [-0.2, -0.15) is 5.10 Å². The van der Waals surface area contributed by atoms with Gasteiger partial charge in [-0.3, -0.25) is 9.48 Å². The van der Waals surface area contributed by atoms with Gasteiger partial charge in [0.15, 0.2) is 0 Å². The van der Waals surface area contributed by atoms with E-state index >= 15 is 0 Å². The summed E-state index contributed by atoms with van der Waals surface area (Å²) in [4.78, 5) is 15.2. The number of aliphatic hydroxyl groups excluding tert-OH is 1. The molecule has 2 aromatic carbocycles. The highest BCUT2D eigenvalue weighted by atomic mass is 79.9. The van der Waals surface area contributed by atoms with Crippen LogP contribution in [0.4, 0.5) is 0 Å². The van der Waals surface area contributed by atoms with Crippen LogP contribution in [0, 0.1) is 0 Å². The maximum absolute atomic E-state index is 13.3. The Balaban J connectivity index is 1.34. The number of carbonyl (C=O) groups is 1. The lowest BCUT2D eigenvalue weighted by atomic mass is 9.94. The molecule has 3 aromatic rings. The monoisotopic (exact) mass is 495 g/mol. The molecule has 1 fully saturated rings. The Labute approximate surface area is 195 Å². The van der Waals surface area contributed by atoms with E-state index in [9.17, 15) is 9.90 Å². The Morgan fingerprint density at radius 2 is 1.91 bits per heavy atom. The topological polar surface area (TPSA) is 67.6 Å². The Morgan fingerprint density at radius 3 is 2.62 bits per heavy atom. The van der Waals surface area contributed by atoms with Crippen molar-refractivity contribution in [1.29, 1.82) is 0 Å². The summed E-state index contributed by atoms with van der Waals surface area (Å²) in [5.74, 6) is 0.533. The van der Waals surface area contributed by atoms with Gasteiger partial charge in [-0.1, -0.05) is 36.8 Å². The number of amides is 1. The second-order valence-corrected chi connectivity index (χ2v) is 9.53. The Bertz CT molecular complexity index is 1140. The van der Waals surface area contributed by atoms with Gasteiger partial charge in [0.25, 0.3) is 5.91 Å². The van der Waals surface area contributed by atoms with Crippen molar-refractivity contribution in [3.63, 3.8) is 0 Å². The normalized spacial score (nSPS) is 20.5. The molecule has 7 heteroatoms. The number of hydrogen-bond donors (Lipinski definition) is 1. The molecular weight excluding hydrogens is 470 g/mol. The molecule has 0 bridgehead atoms. The van der Waals surface area contributed by atoms with Crippen molar-refractivity contribution in [2.45, 2.75) is 51.0 Å². The van der Waals surface area contributed by atoms with Crippen LogP contribution in [0.15, 0.2) is 53.3 Å². The molecule has 2 unspecified atom stereocenters. The van der Waals surface area contributed by atoms with Crippen molar-refractivity contribution in [1.82, 2.24) is 14.7 Å². The summed E-state index contributed by atoms with van der Waals surface area (Å²) in [6.07, 6.45) is 6.66. The quantitative estimate of drug-likeness (QED) is 0.557. The Morgan fingerprint density at radius 1 is 1.12 bits per heavy atom. The molecule has 1 aliphatic heterocycles. The summed E-state index contributed by atoms with van der Waals surface area (Å²) in [7, 11) is 1.90. The van der Waals surface area contributed by atoms with Crippen LogP contribution in [0.2, 0.25) is 0 Å². The van der Waals surface area contributed by atoms with Gasteiger partial charge in [0, 0.05) is 31.9 Å². The highest BCUT2D eigenvalue weighted by molar-refractivity contribution is 9.10. The number of rotatable bonds is 5. The molecule has 0 radical (unpaired) electrons. The minimum absolute atomic E-state index is 0.0297. The fourth-order valence-electron chi connectivity index (χ4n) is 4.60. The van der Waals surface area contributed by atoms with E-state index in [0.717, 1.165) is 52.4 Å². The van der Waals surface area contributed by atoms with E-state index in [4.69, 9.17) is 4.74 Å². The molecule has 1 N–H and O–H groups in total. The molecule has 5 rings (SSSR count). The second-order valence-electron chi connectivity index (χ2n) is 8.68. The largest absolute Gasteiger partial charge is 0.486 e. The van der Waals surface area contributed by atoms with Crippen LogP contribution < -0.4 is 4.74 Å². The van der Waals surface area contributed by atoms with Gasteiger partial charge < -0.3 is 14.7 Å². The Hall–Kier alpha value is -2.64. The predicted molar refractivity (Wildman–Crippen MR) is 125 cm³/mol. The van der Waals surface area contributed by atoms with Crippen LogP contribution in [0.5, 0.6) is 5.75 Å². The number of aliphatic hydroxyl groups is 1. The average molecular weight is 496 g/mol. The number of hydrogen-bond acceptors (Lipinski definition) is 4. The maximum atomic E-state index is 13.3. The van der Waals surface area contributed by atoms with Crippen LogP contribution in [0.3, 0.4) is 0 Å². The zero-order valence-electron chi connectivity index (χ0n) is 18.0. The van der Waals surface area contributed by atoms with Crippen LogP contribution in [-0.2, 0) is 20.1 Å². The number of aryl methyl sites for hydroxylation is 1. The highest BCUT2D eigenvalue weighted by Gasteiger charge is 2.34. The first kappa shape index (κ1) is 21.2. The molecule has 0 spiro atoms. The summed E-state index contributed by atoms with van der Waals surface area (Å²) in [6, 6.07) is 12.2. The summed E-state index contributed by atoms with van der Waals surface area (Å²) in [6.45, 7) is 1.08. The van der Waals surface area contributed by atoms with Crippen molar-refractivity contribution >= 4 is 21.8 Å². The fourth-order valence-corrected chi connectivity index (χ4v) is 5.03. The molecule has 1 aliphatic carbocycles. The lowest BCUT2D eigenvalue weighted by Gasteiger charge is -2.29. The molecule has 2 atom stereocenters. The maximum Gasteiger partial charge on any atom is 0.258 e. The van der Waals surface area contributed by atoms with Crippen LogP contribution in [0.25, 0.3) is 11.1 Å². The number of aromatic nitrogens is 2. The molecule has 6 nitrogen and oxygen atoms in total. The van der Waals surface area contributed by atoms with E-state index in [0.29, 0.717) is 24.4 Å². The molecule has 2 heterocycles. The van der Waals surface area contributed by atoms with Gasteiger partial charge in [-0.25, -0.2) is 0 Å². The summed E-state index contributed by atoms with van der Waals surface area (Å²) in [5.41, 5.74) is 4.82. The Kier molecular flexibility index (Phi) is 5.78. The van der Waals surface area contributed by atoms with Gasteiger partial charge >= 0.3 is 0 Å². The van der Waals surface area contributed by atoms with Crippen molar-refractivity contribution < 1.29 is 14.6 Å². The van der Waals surface area contributed by atoms with Crippen molar-refractivity contribution in [3.05, 3.63) is 70.0 Å². The third-order valence-electron chi connectivity index (χ3n) is 6.36. The summed E-state index contributed by atoms with van der Waals surface area (Å²) >= 11 is 3.56. The van der Waals surface area contributed by atoms with Crippen molar-refractivity contribution in [2.75, 3.05) is 0 Å². The SMILES string of the molecule is Cn1cc(-c2ccc(CN3Cc4ccc(Br)c(OC5CCCCC5O)c4C3=O)cc2)cn1. The van der Waals surface area contributed by atoms with E-state index in [1.165, 1.54) is 0 Å². The first-order chi connectivity index (χ1) is 15.5. The first-order valence-electron chi connectivity index (χ1n) is 11.0. The average Bonchev–Trinajstić information content (AvgIpc) is 3.36. The van der Waals surface area contributed by atoms with Crippen LogP contribution in [0.1, 0.15) is 47.2 Å². The highest BCUT2D eigenvalue weighted by Crippen LogP contribution is 2.39. The zero-order valence-corrected chi connectivity index (χ0v) is 19.6. The molecule has 32 heavy (non-hydrogen) atoms. The number of benzene rings is 2. The number of nitrogens with zero attached hydrogens (tertiary/aromatic N) is 3. The van der Waals surface area contributed by atoms with Gasteiger partial charge in [-0.05, 0) is 57.9 Å². The van der Waals surface area contributed by atoms with Crippen molar-refractivity contribution in [2.24, 2.45) is 7.05 Å². The molecule has 1 aromatic heterocycles. The van der Waals surface area contributed by atoms with Crippen LogP contribution >= 0.6 is 15.9 Å². The number of ether oxygens (including phenoxy) is 1. The molecule has 1 amide bonds. The van der Waals surface area contributed by atoms with Gasteiger partial charge in [0.1, 0.15) is 11.9 Å². The van der Waals surface area contributed by atoms with E-state index in [2.05, 4.69) is 45.3 Å². The minimum atomic E-state index is -0.488. The molecule has 0 saturated heterocycles. The third kappa shape index (κ3) is 4.07. The molecule has 1 saturated carbocycles. The number of carbonyl (C=O) groups excluding carboxylic acids is 1. The van der Waals surface area contributed by atoms with E-state index in [-0.39, 0.29) is 12.0 Å². The van der Waals surface area contributed by atoms with Gasteiger partial charge in [0.05, 0.1) is 22.3 Å². The van der Waals surface area contributed by atoms with E-state index < -0.39 is 6.10 Å². The van der Waals surface area contributed by atoms with E-state index in [1.54, 1.807) is 4.68 Å². The second kappa shape index (κ2) is 8.71. The number of halogens is 1. The van der Waals surface area contributed by atoms with Crippen LogP contribution in [-0.4, -0.2) is 37.9 Å². The third-order valence-corrected chi connectivity index (χ3v) is 6.99. The fraction of sp³-hybridized carbons (Fsp3) is 0.360. The van der Waals surface area contributed by atoms with Gasteiger partial charge in [0.2, 0.25) is 0 Å².